The number of carbonyl (C=O) groups excluding carboxylic acids is 1. The van der Waals surface area contributed by atoms with E-state index in [0.717, 1.165) is 12.0 Å². The normalized spacial score (nSPS) is 17.7. The van der Waals surface area contributed by atoms with Crippen LogP contribution in [0.4, 0.5) is 4.79 Å². The Hall–Kier alpha value is -1.84. The highest BCUT2D eigenvalue weighted by molar-refractivity contribution is 5.83. The molecule has 0 saturated heterocycles. The van der Waals surface area contributed by atoms with Crippen LogP contribution in [-0.2, 0) is 11.2 Å². The highest BCUT2D eigenvalue weighted by Crippen LogP contribution is 2.15. The van der Waals surface area contributed by atoms with E-state index in [-0.39, 0.29) is 12.1 Å². The second-order valence-corrected chi connectivity index (χ2v) is 5.72. The summed E-state index contributed by atoms with van der Waals surface area (Å²) in [5, 5.41) is 2.76. The number of rotatable bonds is 2. The van der Waals surface area contributed by atoms with Gasteiger partial charge >= 0.3 is 6.09 Å². The summed E-state index contributed by atoms with van der Waals surface area (Å²) in [7, 11) is 0. The van der Waals surface area contributed by atoms with E-state index in [9.17, 15) is 4.79 Å². The van der Waals surface area contributed by atoms with Crippen LogP contribution in [0.15, 0.2) is 29.3 Å². The lowest BCUT2D eigenvalue weighted by atomic mass is 9.98. The van der Waals surface area contributed by atoms with Gasteiger partial charge in [-0.1, -0.05) is 24.3 Å². The van der Waals surface area contributed by atoms with Gasteiger partial charge in [-0.3, -0.25) is 4.99 Å². The van der Waals surface area contributed by atoms with E-state index in [1.54, 1.807) is 0 Å². The van der Waals surface area contributed by atoms with Crippen molar-refractivity contribution in [2.45, 2.75) is 38.8 Å². The Morgan fingerprint density at radius 3 is 2.89 bits per heavy atom. The Balaban J connectivity index is 1.85. The minimum Gasteiger partial charge on any atom is -0.444 e. The number of benzene rings is 1. The maximum Gasteiger partial charge on any atom is 0.407 e. The fraction of sp³-hybridized carbons (Fsp3) is 0.467. The van der Waals surface area contributed by atoms with E-state index in [0.29, 0.717) is 6.54 Å². The van der Waals surface area contributed by atoms with Gasteiger partial charge in [-0.2, -0.15) is 0 Å². The van der Waals surface area contributed by atoms with E-state index in [1.165, 1.54) is 5.56 Å². The van der Waals surface area contributed by atoms with Gasteiger partial charge in [0.1, 0.15) is 5.60 Å². The molecule has 19 heavy (non-hydrogen) atoms. The number of ether oxygens (including phenoxy) is 1. The van der Waals surface area contributed by atoms with E-state index in [2.05, 4.69) is 22.4 Å². The minimum atomic E-state index is -0.466. The molecule has 0 aliphatic carbocycles. The second-order valence-electron chi connectivity index (χ2n) is 5.72. The van der Waals surface area contributed by atoms with Crippen LogP contribution in [0.25, 0.3) is 0 Å². The molecule has 0 radical (unpaired) electrons. The van der Waals surface area contributed by atoms with Gasteiger partial charge < -0.3 is 10.1 Å². The van der Waals surface area contributed by atoms with Crippen molar-refractivity contribution in [3.05, 3.63) is 35.4 Å². The molecule has 0 fully saturated rings. The van der Waals surface area contributed by atoms with E-state index in [1.807, 2.05) is 39.1 Å². The first-order chi connectivity index (χ1) is 8.94. The van der Waals surface area contributed by atoms with Crippen LogP contribution in [0.2, 0.25) is 0 Å². The van der Waals surface area contributed by atoms with Crippen LogP contribution in [-0.4, -0.2) is 30.5 Å². The first-order valence-electron chi connectivity index (χ1n) is 6.52. The lowest BCUT2D eigenvalue weighted by Crippen LogP contribution is -2.37. The number of hydrogen-bond donors (Lipinski definition) is 1. The summed E-state index contributed by atoms with van der Waals surface area (Å²) >= 11 is 0. The minimum absolute atomic E-state index is 0.0856. The van der Waals surface area contributed by atoms with Crippen LogP contribution in [0, 0.1) is 0 Å². The van der Waals surface area contributed by atoms with E-state index >= 15 is 0 Å². The number of nitrogens with one attached hydrogen (secondary N) is 1. The molecule has 0 bridgehead atoms. The predicted molar refractivity (Wildman–Crippen MR) is 75.8 cm³/mol. The second kappa shape index (κ2) is 5.43. The molecule has 4 nitrogen and oxygen atoms in total. The third-order valence-electron chi connectivity index (χ3n) is 2.82. The molecule has 1 atom stereocenters. The van der Waals surface area contributed by atoms with Gasteiger partial charge in [0, 0.05) is 12.8 Å². The van der Waals surface area contributed by atoms with Crippen molar-refractivity contribution in [3.63, 3.8) is 0 Å². The number of fused-ring (bicyclic) bond motifs is 1. The molecule has 1 aromatic carbocycles. The van der Waals surface area contributed by atoms with Crippen molar-refractivity contribution in [1.29, 1.82) is 0 Å². The molecule has 4 heteroatoms. The first kappa shape index (κ1) is 13.6. The Labute approximate surface area is 113 Å². The Kier molecular flexibility index (Phi) is 3.88. The SMILES string of the molecule is CC(C)(C)OC(=O)NC[C@@H]1Cc2ccccc2C=N1. The summed E-state index contributed by atoms with van der Waals surface area (Å²) in [6.45, 7) is 6.05. The number of hydrogen-bond acceptors (Lipinski definition) is 3. The first-order valence-corrected chi connectivity index (χ1v) is 6.52. The van der Waals surface area contributed by atoms with Crippen LogP contribution in [0.5, 0.6) is 0 Å². The smallest absolute Gasteiger partial charge is 0.407 e. The lowest BCUT2D eigenvalue weighted by Gasteiger charge is -2.22. The fourth-order valence-electron chi connectivity index (χ4n) is 1.98. The highest BCUT2D eigenvalue weighted by Gasteiger charge is 2.19. The van der Waals surface area contributed by atoms with Crippen molar-refractivity contribution < 1.29 is 9.53 Å². The molecule has 0 unspecified atom stereocenters. The maximum absolute atomic E-state index is 11.6. The molecular weight excluding hydrogens is 240 g/mol. The molecule has 1 N–H and O–H groups in total. The molecule has 1 aromatic rings. The molecule has 102 valence electrons. The summed E-state index contributed by atoms with van der Waals surface area (Å²) in [4.78, 5) is 16.0. The standard InChI is InChI=1S/C15H20N2O2/c1-15(2,3)19-14(18)17-10-13-8-11-6-4-5-7-12(11)9-16-13/h4-7,9,13H,8,10H2,1-3H3,(H,17,18)/t13-/m0/s1. The van der Waals surface area contributed by atoms with Crippen molar-refractivity contribution >= 4 is 12.3 Å². The molecule has 1 aliphatic rings. The van der Waals surface area contributed by atoms with Gasteiger partial charge in [-0.15, -0.1) is 0 Å². The summed E-state index contributed by atoms with van der Waals surface area (Å²) in [5.41, 5.74) is 1.97. The molecular formula is C15H20N2O2. The quantitative estimate of drug-likeness (QED) is 0.888. The highest BCUT2D eigenvalue weighted by atomic mass is 16.6. The summed E-state index contributed by atoms with van der Waals surface area (Å²) in [5.74, 6) is 0. The summed E-state index contributed by atoms with van der Waals surface area (Å²) in [6, 6.07) is 8.26. The van der Waals surface area contributed by atoms with Crippen LogP contribution in [0.3, 0.4) is 0 Å². The Morgan fingerprint density at radius 1 is 1.42 bits per heavy atom. The molecule has 1 heterocycles. The van der Waals surface area contributed by atoms with Crippen molar-refractivity contribution in [3.8, 4) is 0 Å². The lowest BCUT2D eigenvalue weighted by molar-refractivity contribution is 0.0524. The van der Waals surface area contributed by atoms with Crippen molar-refractivity contribution in [1.82, 2.24) is 5.32 Å². The molecule has 2 rings (SSSR count). The Morgan fingerprint density at radius 2 is 2.16 bits per heavy atom. The van der Waals surface area contributed by atoms with E-state index < -0.39 is 5.60 Å². The number of aliphatic imine (C=N–C) groups is 1. The summed E-state index contributed by atoms with van der Waals surface area (Å²) < 4.78 is 5.20. The zero-order valence-electron chi connectivity index (χ0n) is 11.6. The van der Waals surface area contributed by atoms with Gasteiger partial charge in [-0.05, 0) is 38.3 Å². The average molecular weight is 260 g/mol. The van der Waals surface area contributed by atoms with Gasteiger partial charge in [0.15, 0.2) is 0 Å². The van der Waals surface area contributed by atoms with Crippen LogP contribution in [0.1, 0.15) is 31.9 Å². The zero-order valence-corrected chi connectivity index (χ0v) is 11.6. The van der Waals surface area contributed by atoms with Gasteiger partial charge in [0.25, 0.3) is 0 Å². The molecule has 1 amide bonds. The van der Waals surface area contributed by atoms with Crippen molar-refractivity contribution in [2.24, 2.45) is 4.99 Å². The van der Waals surface area contributed by atoms with Crippen molar-refractivity contribution in [2.75, 3.05) is 6.54 Å². The molecule has 0 aromatic heterocycles. The number of carbonyl (C=O) groups is 1. The predicted octanol–water partition coefficient (Wildman–Crippen LogP) is 2.55. The third kappa shape index (κ3) is 4.09. The summed E-state index contributed by atoms with van der Waals surface area (Å²) in [6.07, 6.45) is 2.34. The topological polar surface area (TPSA) is 50.7 Å². The van der Waals surface area contributed by atoms with Gasteiger partial charge in [0.2, 0.25) is 0 Å². The molecule has 0 spiro atoms. The van der Waals surface area contributed by atoms with E-state index in [4.69, 9.17) is 4.74 Å². The van der Waals surface area contributed by atoms with Crippen LogP contribution < -0.4 is 5.32 Å². The maximum atomic E-state index is 11.6. The monoisotopic (exact) mass is 260 g/mol. The zero-order chi connectivity index (χ0) is 13.9. The fourth-order valence-corrected chi connectivity index (χ4v) is 1.98. The number of nitrogens with zero attached hydrogens (tertiary/aromatic N) is 1. The molecule has 0 saturated carbocycles. The Bertz CT molecular complexity index is 489. The van der Waals surface area contributed by atoms with Gasteiger partial charge in [-0.25, -0.2) is 4.79 Å². The molecule has 1 aliphatic heterocycles. The average Bonchev–Trinajstić information content (AvgIpc) is 2.34. The van der Waals surface area contributed by atoms with Crippen LogP contribution >= 0.6 is 0 Å². The van der Waals surface area contributed by atoms with Gasteiger partial charge in [0.05, 0.1) is 6.04 Å². The number of alkyl carbamates (subject to hydrolysis) is 1. The number of amides is 1. The third-order valence-corrected chi connectivity index (χ3v) is 2.82. The largest absolute Gasteiger partial charge is 0.444 e.